The van der Waals surface area contributed by atoms with E-state index in [1.807, 2.05) is 36.6 Å². The van der Waals surface area contributed by atoms with Gasteiger partial charge in [-0.05, 0) is 31.7 Å². The van der Waals surface area contributed by atoms with Crippen molar-refractivity contribution in [1.29, 1.82) is 0 Å². The Hall–Kier alpha value is -1.78. The number of carbonyl (C=O) groups is 1. The zero-order chi connectivity index (χ0) is 18.4. The van der Waals surface area contributed by atoms with Gasteiger partial charge >= 0.3 is 0 Å². The smallest absolute Gasteiger partial charge is 0.176 e. The third-order valence-corrected chi connectivity index (χ3v) is 4.60. The highest BCUT2D eigenvalue weighted by Crippen LogP contribution is 2.18. The topological polar surface area (TPSA) is 28.5 Å². The first kappa shape index (κ1) is 20.3. The molecule has 0 saturated carbocycles. The standard InChI is InChI=1S/C19H28ClN3O/c1-8-9-18(20)15(3)22(6)11-10-21(5)13-17-12-19(16(4)24)23(7)14(17)2/h8-9,12H,1,3,10-11,13H2,2,4-7H3/b18-9+. The minimum absolute atomic E-state index is 0.0918. The third-order valence-electron chi connectivity index (χ3n) is 4.26. The Balaban J connectivity index is 2.64. The maximum atomic E-state index is 11.6. The summed E-state index contributed by atoms with van der Waals surface area (Å²) in [7, 11) is 5.97. The van der Waals surface area contributed by atoms with Gasteiger partial charge in [0.05, 0.1) is 10.7 Å². The molecule has 0 aromatic carbocycles. The molecule has 0 aliphatic carbocycles. The number of halogens is 1. The van der Waals surface area contributed by atoms with E-state index >= 15 is 0 Å². The Kier molecular flexibility index (Phi) is 7.52. The molecule has 0 radical (unpaired) electrons. The molecule has 0 unspecified atom stereocenters. The van der Waals surface area contributed by atoms with Crippen LogP contribution >= 0.6 is 11.6 Å². The SMILES string of the molecule is C=C/C=C(/Cl)C(=C)N(C)CCN(C)Cc1cc(C(C)=O)n(C)c1C. The first-order chi connectivity index (χ1) is 11.2. The molecule has 1 aromatic heterocycles. The summed E-state index contributed by atoms with van der Waals surface area (Å²) in [5, 5.41) is 0.597. The van der Waals surface area contributed by atoms with Gasteiger partial charge in [-0.3, -0.25) is 4.79 Å². The van der Waals surface area contributed by atoms with Crippen LogP contribution in [0.2, 0.25) is 0 Å². The highest BCUT2D eigenvalue weighted by Gasteiger charge is 2.14. The van der Waals surface area contributed by atoms with Gasteiger partial charge in [0.15, 0.2) is 5.78 Å². The lowest BCUT2D eigenvalue weighted by Gasteiger charge is -2.25. The van der Waals surface area contributed by atoms with Crippen LogP contribution in [0.15, 0.2) is 42.1 Å². The third kappa shape index (κ3) is 5.11. The molecule has 0 fully saturated rings. The summed E-state index contributed by atoms with van der Waals surface area (Å²) in [6.07, 6.45) is 3.39. The fraction of sp³-hybridized carbons (Fsp3) is 0.421. The largest absolute Gasteiger partial charge is 0.373 e. The minimum atomic E-state index is 0.0918. The molecule has 0 aliphatic rings. The van der Waals surface area contributed by atoms with Gasteiger partial charge in [0, 0.05) is 52.0 Å². The second kappa shape index (κ2) is 8.90. The number of ketones is 1. The van der Waals surface area contributed by atoms with Crippen molar-refractivity contribution in [2.24, 2.45) is 7.05 Å². The highest BCUT2D eigenvalue weighted by atomic mass is 35.5. The lowest BCUT2D eigenvalue weighted by Crippen LogP contribution is -2.30. The Morgan fingerprint density at radius 3 is 2.50 bits per heavy atom. The number of hydrogen-bond donors (Lipinski definition) is 0. The van der Waals surface area contributed by atoms with Gasteiger partial charge < -0.3 is 14.4 Å². The fourth-order valence-electron chi connectivity index (χ4n) is 2.47. The molecular formula is C19H28ClN3O. The number of allylic oxidation sites excluding steroid dienone is 3. The number of likely N-dealkylation sites (N-methyl/N-ethyl adjacent to an activating group) is 2. The van der Waals surface area contributed by atoms with Crippen molar-refractivity contribution in [2.75, 3.05) is 27.2 Å². The summed E-state index contributed by atoms with van der Waals surface area (Å²) in [6.45, 7) is 13.7. The van der Waals surface area contributed by atoms with Crippen molar-refractivity contribution in [1.82, 2.24) is 14.4 Å². The van der Waals surface area contributed by atoms with Crippen LogP contribution in [0.1, 0.15) is 28.7 Å². The van der Waals surface area contributed by atoms with Gasteiger partial charge in [-0.2, -0.15) is 0 Å². The summed E-state index contributed by atoms with van der Waals surface area (Å²) in [4.78, 5) is 15.9. The lowest BCUT2D eigenvalue weighted by molar-refractivity contribution is 0.101. The van der Waals surface area contributed by atoms with Crippen LogP contribution < -0.4 is 0 Å². The second-order valence-corrected chi connectivity index (χ2v) is 6.52. The average Bonchev–Trinajstić information content (AvgIpc) is 2.80. The van der Waals surface area contributed by atoms with Crippen LogP contribution in [-0.4, -0.2) is 47.3 Å². The molecule has 4 nitrogen and oxygen atoms in total. The van der Waals surface area contributed by atoms with Crippen LogP contribution in [0, 0.1) is 6.92 Å². The van der Waals surface area contributed by atoms with Crippen LogP contribution in [0.5, 0.6) is 0 Å². The van der Waals surface area contributed by atoms with Crippen molar-refractivity contribution in [2.45, 2.75) is 20.4 Å². The second-order valence-electron chi connectivity index (χ2n) is 6.11. The van der Waals surface area contributed by atoms with Gasteiger partial charge in [-0.25, -0.2) is 0 Å². The van der Waals surface area contributed by atoms with E-state index in [-0.39, 0.29) is 5.78 Å². The Bertz CT molecular complexity index is 658. The van der Waals surface area contributed by atoms with Crippen molar-refractivity contribution in [3.63, 3.8) is 0 Å². The van der Waals surface area contributed by atoms with Gasteiger partial charge in [0.25, 0.3) is 0 Å². The number of nitrogens with zero attached hydrogens (tertiary/aromatic N) is 3. The van der Waals surface area contributed by atoms with E-state index in [9.17, 15) is 4.79 Å². The zero-order valence-corrected chi connectivity index (χ0v) is 16.2. The number of Topliss-reactive ketones (excluding diaryl/α,β-unsaturated/α-hetero) is 1. The zero-order valence-electron chi connectivity index (χ0n) is 15.4. The molecule has 0 saturated heterocycles. The summed E-state index contributed by atoms with van der Waals surface area (Å²) in [6, 6.07) is 1.99. The van der Waals surface area contributed by atoms with E-state index in [0.717, 1.165) is 36.7 Å². The van der Waals surface area contributed by atoms with Crippen molar-refractivity contribution >= 4 is 17.4 Å². The predicted molar refractivity (Wildman–Crippen MR) is 102 cm³/mol. The summed E-state index contributed by atoms with van der Waals surface area (Å²) >= 11 is 6.14. The number of hydrogen-bond acceptors (Lipinski definition) is 3. The van der Waals surface area contributed by atoms with Crippen molar-refractivity contribution in [3.8, 4) is 0 Å². The molecule has 1 heterocycles. The minimum Gasteiger partial charge on any atom is -0.373 e. The van der Waals surface area contributed by atoms with E-state index in [4.69, 9.17) is 11.6 Å². The van der Waals surface area contributed by atoms with E-state index in [1.165, 1.54) is 5.56 Å². The number of rotatable bonds is 9. The molecule has 0 atom stereocenters. The first-order valence-corrected chi connectivity index (χ1v) is 8.30. The number of carbonyl (C=O) groups excluding carboxylic acids is 1. The Morgan fingerprint density at radius 2 is 2.00 bits per heavy atom. The molecule has 0 bridgehead atoms. The van der Waals surface area contributed by atoms with Crippen LogP contribution in [0.3, 0.4) is 0 Å². The first-order valence-electron chi connectivity index (χ1n) is 7.92. The maximum Gasteiger partial charge on any atom is 0.176 e. The molecular weight excluding hydrogens is 322 g/mol. The van der Waals surface area contributed by atoms with Gasteiger partial charge in [-0.15, -0.1) is 0 Å². The van der Waals surface area contributed by atoms with Gasteiger partial charge in [-0.1, -0.05) is 30.8 Å². The van der Waals surface area contributed by atoms with Crippen LogP contribution in [0.25, 0.3) is 0 Å². The fourth-order valence-corrected chi connectivity index (χ4v) is 2.70. The summed E-state index contributed by atoms with van der Waals surface area (Å²) in [5.74, 6) is 0.0918. The molecule has 0 spiro atoms. The van der Waals surface area contributed by atoms with Crippen molar-refractivity contribution in [3.05, 3.63) is 59.1 Å². The molecule has 5 heteroatoms. The summed E-state index contributed by atoms with van der Waals surface area (Å²) < 4.78 is 1.96. The molecule has 0 amide bonds. The summed E-state index contributed by atoms with van der Waals surface area (Å²) in [5.41, 5.74) is 3.83. The van der Waals surface area contributed by atoms with E-state index < -0.39 is 0 Å². The molecule has 0 aliphatic heterocycles. The van der Waals surface area contributed by atoms with Crippen LogP contribution in [-0.2, 0) is 13.6 Å². The maximum absolute atomic E-state index is 11.6. The molecule has 0 N–H and O–H groups in total. The Morgan fingerprint density at radius 1 is 1.38 bits per heavy atom. The van der Waals surface area contributed by atoms with Crippen LogP contribution in [0.4, 0.5) is 0 Å². The van der Waals surface area contributed by atoms with E-state index in [0.29, 0.717) is 5.03 Å². The molecule has 132 valence electrons. The number of aromatic nitrogens is 1. The lowest BCUT2D eigenvalue weighted by atomic mass is 10.2. The molecule has 24 heavy (non-hydrogen) atoms. The van der Waals surface area contributed by atoms with Gasteiger partial charge in [0.1, 0.15) is 0 Å². The van der Waals surface area contributed by atoms with Gasteiger partial charge in [0.2, 0.25) is 0 Å². The predicted octanol–water partition coefficient (Wildman–Crippen LogP) is 3.72. The monoisotopic (exact) mass is 349 g/mol. The molecule has 1 rings (SSSR count). The van der Waals surface area contributed by atoms with E-state index in [1.54, 1.807) is 19.1 Å². The average molecular weight is 350 g/mol. The normalized spacial score (nSPS) is 11.7. The molecule has 1 aromatic rings. The highest BCUT2D eigenvalue weighted by molar-refractivity contribution is 6.31. The quantitative estimate of drug-likeness (QED) is 0.502. The van der Waals surface area contributed by atoms with Crippen molar-refractivity contribution < 1.29 is 4.79 Å². The van der Waals surface area contributed by atoms with E-state index in [2.05, 4.69) is 25.1 Å². The Labute approximate surface area is 150 Å².